The van der Waals surface area contributed by atoms with Crippen molar-refractivity contribution < 1.29 is 4.74 Å². The van der Waals surface area contributed by atoms with Crippen LogP contribution in [0.5, 0.6) is 5.75 Å². The lowest BCUT2D eigenvalue weighted by molar-refractivity contribution is 0.218. The average Bonchev–Trinajstić information content (AvgIpc) is 2.27. The van der Waals surface area contributed by atoms with E-state index in [2.05, 4.69) is 18.0 Å². The molecule has 0 fully saturated rings. The molecule has 82 valence electrons. The van der Waals surface area contributed by atoms with Crippen LogP contribution >= 0.6 is 0 Å². The van der Waals surface area contributed by atoms with Gasteiger partial charge in [-0.05, 0) is 25.1 Å². The zero-order valence-electron chi connectivity index (χ0n) is 9.36. The third kappa shape index (κ3) is 1.85. The first-order valence-corrected chi connectivity index (χ1v) is 5.31. The van der Waals surface area contributed by atoms with Gasteiger partial charge in [0.05, 0.1) is 7.11 Å². The van der Waals surface area contributed by atoms with Crippen molar-refractivity contribution >= 4 is 0 Å². The van der Waals surface area contributed by atoms with Gasteiger partial charge in [0.25, 0.3) is 0 Å². The van der Waals surface area contributed by atoms with Crippen molar-refractivity contribution in [3.63, 3.8) is 0 Å². The highest BCUT2D eigenvalue weighted by Crippen LogP contribution is 2.29. The van der Waals surface area contributed by atoms with Gasteiger partial charge in [0.2, 0.25) is 0 Å². The molecule has 1 aliphatic heterocycles. The quantitative estimate of drug-likeness (QED) is 0.785. The molecular formula is C12H18N2O. The van der Waals surface area contributed by atoms with Crippen molar-refractivity contribution in [2.24, 2.45) is 5.73 Å². The Bertz CT molecular complexity index is 351. The van der Waals surface area contributed by atoms with Crippen molar-refractivity contribution in [3.05, 3.63) is 29.3 Å². The van der Waals surface area contributed by atoms with Crippen LogP contribution in [0.25, 0.3) is 0 Å². The van der Waals surface area contributed by atoms with Gasteiger partial charge in [0.15, 0.2) is 0 Å². The van der Waals surface area contributed by atoms with Gasteiger partial charge in [-0.15, -0.1) is 0 Å². The molecular weight excluding hydrogens is 188 g/mol. The molecule has 1 aliphatic rings. The Balaban J connectivity index is 2.36. The number of ether oxygens (including phenoxy) is 1. The topological polar surface area (TPSA) is 38.5 Å². The smallest absolute Gasteiger partial charge is 0.122 e. The summed E-state index contributed by atoms with van der Waals surface area (Å²) < 4.78 is 5.38. The molecule has 3 heteroatoms. The third-order valence-electron chi connectivity index (χ3n) is 3.20. The van der Waals surface area contributed by atoms with Crippen molar-refractivity contribution in [2.75, 3.05) is 20.7 Å². The molecule has 0 amide bonds. The van der Waals surface area contributed by atoms with E-state index in [1.807, 2.05) is 12.1 Å². The zero-order chi connectivity index (χ0) is 10.8. The lowest BCUT2D eigenvalue weighted by atomic mass is 9.93. The van der Waals surface area contributed by atoms with Crippen LogP contribution < -0.4 is 10.5 Å². The summed E-state index contributed by atoms with van der Waals surface area (Å²) in [5, 5.41) is 0. The molecule has 0 aliphatic carbocycles. The second kappa shape index (κ2) is 4.21. The predicted molar refractivity (Wildman–Crippen MR) is 61.0 cm³/mol. The Morgan fingerprint density at radius 3 is 3.00 bits per heavy atom. The highest BCUT2D eigenvalue weighted by Gasteiger charge is 2.24. The molecule has 0 saturated carbocycles. The number of methoxy groups -OCH3 is 1. The van der Waals surface area contributed by atoms with Gasteiger partial charge in [-0.3, -0.25) is 4.90 Å². The molecule has 0 bridgehead atoms. The maximum Gasteiger partial charge on any atom is 0.122 e. The molecule has 2 N–H and O–H groups in total. The monoisotopic (exact) mass is 206 g/mol. The van der Waals surface area contributed by atoms with Gasteiger partial charge in [-0.1, -0.05) is 12.1 Å². The Kier molecular flexibility index (Phi) is 2.93. The Morgan fingerprint density at radius 1 is 1.53 bits per heavy atom. The number of hydrogen-bond acceptors (Lipinski definition) is 3. The molecule has 15 heavy (non-hydrogen) atoms. The highest BCUT2D eigenvalue weighted by atomic mass is 16.5. The Labute approximate surface area is 90.8 Å². The summed E-state index contributed by atoms with van der Waals surface area (Å²) >= 11 is 0. The molecule has 3 nitrogen and oxygen atoms in total. The summed E-state index contributed by atoms with van der Waals surface area (Å²) in [4.78, 5) is 2.31. The number of nitrogens with zero attached hydrogens (tertiary/aromatic N) is 1. The first-order valence-electron chi connectivity index (χ1n) is 5.31. The Morgan fingerprint density at radius 2 is 2.33 bits per heavy atom. The van der Waals surface area contributed by atoms with Crippen molar-refractivity contribution in [1.29, 1.82) is 0 Å². The van der Waals surface area contributed by atoms with Crippen molar-refractivity contribution in [3.8, 4) is 5.75 Å². The van der Waals surface area contributed by atoms with E-state index >= 15 is 0 Å². The van der Waals surface area contributed by atoms with Gasteiger partial charge >= 0.3 is 0 Å². The predicted octanol–water partition coefficient (Wildman–Crippen LogP) is 1.01. The van der Waals surface area contributed by atoms with Crippen LogP contribution in [0.15, 0.2) is 18.2 Å². The summed E-state index contributed by atoms with van der Waals surface area (Å²) in [6.45, 7) is 1.67. The summed E-state index contributed by atoms with van der Waals surface area (Å²) in [6, 6.07) is 6.68. The molecule has 0 radical (unpaired) electrons. The second-order valence-electron chi connectivity index (χ2n) is 4.11. The van der Waals surface area contributed by atoms with E-state index < -0.39 is 0 Å². The largest absolute Gasteiger partial charge is 0.496 e. The lowest BCUT2D eigenvalue weighted by Crippen LogP contribution is -2.42. The lowest BCUT2D eigenvalue weighted by Gasteiger charge is -2.33. The molecule has 1 heterocycles. The SMILES string of the molecule is COc1cccc2c1CC(CN)N(C)C2. The molecule has 1 atom stereocenters. The first kappa shape index (κ1) is 10.5. The minimum Gasteiger partial charge on any atom is -0.496 e. The fourth-order valence-electron chi connectivity index (χ4n) is 2.23. The standard InChI is InChI=1S/C12H18N2O/c1-14-8-9-4-3-5-12(15-2)11(9)6-10(14)7-13/h3-5,10H,6-8,13H2,1-2H3. The van der Waals surface area contributed by atoms with E-state index in [1.165, 1.54) is 11.1 Å². The van der Waals surface area contributed by atoms with E-state index in [0.717, 1.165) is 18.7 Å². The molecule has 2 rings (SSSR count). The number of benzene rings is 1. The Hall–Kier alpha value is -1.06. The summed E-state index contributed by atoms with van der Waals surface area (Å²) in [7, 11) is 3.85. The van der Waals surface area contributed by atoms with E-state index in [-0.39, 0.29) is 0 Å². The van der Waals surface area contributed by atoms with Crippen LogP contribution in [0.4, 0.5) is 0 Å². The number of rotatable bonds is 2. The fourth-order valence-corrected chi connectivity index (χ4v) is 2.23. The van der Waals surface area contributed by atoms with Crippen molar-refractivity contribution in [1.82, 2.24) is 4.90 Å². The van der Waals surface area contributed by atoms with Crippen LogP contribution in [-0.4, -0.2) is 31.6 Å². The average molecular weight is 206 g/mol. The van der Waals surface area contributed by atoms with Crippen LogP contribution in [0.3, 0.4) is 0 Å². The summed E-state index contributed by atoms with van der Waals surface area (Å²) in [5.41, 5.74) is 8.45. The zero-order valence-corrected chi connectivity index (χ0v) is 9.36. The number of fused-ring (bicyclic) bond motifs is 1. The number of nitrogens with two attached hydrogens (primary N) is 1. The maximum absolute atomic E-state index is 5.76. The summed E-state index contributed by atoms with van der Waals surface area (Å²) in [5.74, 6) is 0.999. The molecule has 0 saturated heterocycles. The van der Waals surface area contributed by atoms with Gasteiger partial charge < -0.3 is 10.5 Å². The van der Waals surface area contributed by atoms with E-state index in [1.54, 1.807) is 7.11 Å². The maximum atomic E-state index is 5.76. The second-order valence-corrected chi connectivity index (χ2v) is 4.11. The molecule has 1 aromatic rings. The van der Waals surface area contributed by atoms with Crippen LogP contribution in [-0.2, 0) is 13.0 Å². The molecule has 0 aromatic heterocycles. The van der Waals surface area contributed by atoms with Gasteiger partial charge in [-0.2, -0.15) is 0 Å². The van der Waals surface area contributed by atoms with Crippen LogP contribution in [0, 0.1) is 0 Å². The van der Waals surface area contributed by atoms with E-state index in [9.17, 15) is 0 Å². The third-order valence-corrected chi connectivity index (χ3v) is 3.20. The molecule has 1 aromatic carbocycles. The van der Waals surface area contributed by atoms with Crippen LogP contribution in [0.1, 0.15) is 11.1 Å². The highest BCUT2D eigenvalue weighted by molar-refractivity contribution is 5.42. The minimum atomic E-state index is 0.439. The first-order chi connectivity index (χ1) is 7.26. The molecule has 1 unspecified atom stereocenters. The fraction of sp³-hybridized carbons (Fsp3) is 0.500. The van der Waals surface area contributed by atoms with Gasteiger partial charge in [0.1, 0.15) is 5.75 Å². The van der Waals surface area contributed by atoms with E-state index in [0.29, 0.717) is 12.6 Å². The van der Waals surface area contributed by atoms with E-state index in [4.69, 9.17) is 10.5 Å². The normalized spacial score (nSPS) is 21.1. The number of hydrogen-bond donors (Lipinski definition) is 1. The number of likely N-dealkylation sites (N-methyl/N-ethyl adjacent to an activating group) is 1. The van der Waals surface area contributed by atoms with Crippen molar-refractivity contribution in [2.45, 2.75) is 19.0 Å². The summed E-state index contributed by atoms with van der Waals surface area (Å²) in [6.07, 6.45) is 0.992. The van der Waals surface area contributed by atoms with Gasteiger partial charge in [0, 0.05) is 24.7 Å². The minimum absolute atomic E-state index is 0.439. The van der Waals surface area contributed by atoms with Crippen LogP contribution in [0.2, 0.25) is 0 Å². The molecule has 0 spiro atoms. The van der Waals surface area contributed by atoms with Gasteiger partial charge in [-0.25, -0.2) is 0 Å².